The topological polar surface area (TPSA) is 35.5 Å². The average molecular weight is 268 g/mol. The maximum Gasteiger partial charge on any atom is 0.0474 e. The lowest BCUT2D eigenvalue weighted by Gasteiger charge is -2.37. The predicted molar refractivity (Wildman–Crippen MR) is 80.3 cm³/mol. The van der Waals surface area contributed by atoms with E-state index in [1.54, 1.807) is 0 Å². The Morgan fingerprint density at radius 1 is 1.11 bits per heavy atom. The number of piperidine rings is 1. The van der Waals surface area contributed by atoms with Gasteiger partial charge in [-0.3, -0.25) is 0 Å². The molecule has 2 N–H and O–H groups in total. The number of hydrogen-bond donors (Lipinski definition) is 2. The molecule has 1 heterocycles. The zero-order chi connectivity index (χ0) is 13.7. The van der Waals surface area contributed by atoms with Crippen molar-refractivity contribution in [1.29, 1.82) is 0 Å². The highest BCUT2D eigenvalue weighted by atomic mass is 16.3. The Kier molecular flexibility index (Phi) is 6.11. The summed E-state index contributed by atoms with van der Waals surface area (Å²) in [7, 11) is 0. The van der Waals surface area contributed by atoms with E-state index in [0.717, 1.165) is 12.6 Å². The number of aliphatic hydroxyl groups is 1. The van der Waals surface area contributed by atoms with Gasteiger partial charge in [-0.1, -0.05) is 12.8 Å². The monoisotopic (exact) mass is 268 g/mol. The molecule has 19 heavy (non-hydrogen) atoms. The number of aliphatic hydroxyl groups excluding tert-OH is 1. The molecule has 2 aliphatic rings. The molecule has 1 aliphatic heterocycles. The van der Waals surface area contributed by atoms with Gasteiger partial charge in [0.25, 0.3) is 0 Å². The van der Waals surface area contributed by atoms with Crippen LogP contribution in [0.4, 0.5) is 0 Å². The summed E-state index contributed by atoms with van der Waals surface area (Å²) in [4.78, 5) is 2.56. The summed E-state index contributed by atoms with van der Waals surface area (Å²) in [6.45, 7) is 8.36. The second-order valence-electron chi connectivity index (χ2n) is 6.80. The molecule has 2 fully saturated rings. The molecule has 1 unspecified atom stereocenters. The summed E-state index contributed by atoms with van der Waals surface area (Å²) in [6, 6.07) is 1.40. The fourth-order valence-electron chi connectivity index (χ4n) is 3.74. The van der Waals surface area contributed by atoms with Gasteiger partial charge in [0.1, 0.15) is 0 Å². The maximum atomic E-state index is 9.67. The van der Waals surface area contributed by atoms with Gasteiger partial charge in [0.15, 0.2) is 0 Å². The minimum atomic E-state index is 0.353. The summed E-state index contributed by atoms with van der Waals surface area (Å²) in [6.07, 6.45) is 7.96. The Morgan fingerprint density at radius 3 is 2.26 bits per heavy atom. The van der Waals surface area contributed by atoms with Crippen LogP contribution in [0.25, 0.3) is 0 Å². The molecule has 0 aromatic carbocycles. The highest BCUT2D eigenvalue weighted by Gasteiger charge is 2.27. The first-order chi connectivity index (χ1) is 9.20. The fraction of sp³-hybridized carbons (Fsp3) is 1.00. The van der Waals surface area contributed by atoms with E-state index < -0.39 is 0 Å². The second-order valence-corrected chi connectivity index (χ2v) is 6.80. The third-order valence-electron chi connectivity index (χ3n) is 5.23. The van der Waals surface area contributed by atoms with Crippen molar-refractivity contribution in [2.45, 2.75) is 64.5 Å². The first kappa shape index (κ1) is 15.3. The molecule has 1 aliphatic carbocycles. The van der Waals surface area contributed by atoms with Crippen molar-refractivity contribution in [3.8, 4) is 0 Å². The number of likely N-dealkylation sites (tertiary alicyclic amines) is 1. The Hall–Kier alpha value is -0.120. The Morgan fingerprint density at radius 2 is 1.74 bits per heavy atom. The highest BCUT2D eigenvalue weighted by molar-refractivity contribution is 4.82. The molecular weight excluding hydrogens is 236 g/mol. The number of hydrogen-bond acceptors (Lipinski definition) is 3. The molecular formula is C16H32N2O. The zero-order valence-electron chi connectivity index (χ0n) is 12.8. The standard InChI is InChI=1S/C16H32N2O/c1-13(2)18-9-7-14(8-10-18)15(12-19)11-17-16-5-3-4-6-16/h13-17,19H,3-12H2,1-2H3. The van der Waals surface area contributed by atoms with Crippen LogP contribution in [0.1, 0.15) is 52.4 Å². The van der Waals surface area contributed by atoms with Gasteiger partial charge in [0.2, 0.25) is 0 Å². The molecule has 0 spiro atoms. The van der Waals surface area contributed by atoms with E-state index in [9.17, 15) is 5.11 Å². The molecule has 3 heteroatoms. The van der Waals surface area contributed by atoms with E-state index >= 15 is 0 Å². The first-order valence-corrected chi connectivity index (χ1v) is 8.29. The highest BCUT2D eigenvalue weighted by Crippen LogP contribution is 2.26. The minimum Gasteiger partial charge on any atom is -0.396 e. The summed E-state index contributed by atoms with van der Waals surface area (Å²) in [5.41, 5.74) is 0. The molecule has 0 radical (unpaired) electrons. The summed E-state index contributed by atoms with van der Waals surface area (Å²) >= 11 is 0. The van der Waals surface area contributed by atoms with E-state index in [-0.39, 0.29) is 0 Å². The van der Waals surface area contributed by atoms with Crippen molar-refractivity contribution in [2.24, 2.45) is 11.8 Å². The minimum absolute atomic E-state index is 0.353. The third-order valence-corrected chi connectivity index (χ3v) is 5.23. The normalized spacial score (nSPS) is 25.3. The molecule has 2 rings (SSSR count). The molecule has 0 aromatic heterocycles. The van der Waals surface area contributed by atoms with Gasteiger partial charge in [0, 0.05) is 25.2 Å². The van der Waals surface area contributed by atoms with Crippen LogP contribution in [-0.2, 0) is 0 Å². The van der Waals surface area contributed by atoms with Crippen LogP contribution in [0.15, 0.2) is 0 Å². The lowest BCUT2D eigenvalue weighted by atomic mass is 9.84. The van der Waals surface area contributed by atoms with Gasteiger partial charge in [-0.15, -0.1) is 0 Å². The van der Waals surface area contributed by atoms with Gasteiger partial charge < -0.3 is 15.3 Å². The third kappa shape index (κ3) is 4.44. The van der Waals surface area contributed by atoms with E-state index in [0.29, 0.717) is 24.5 Å². The van der Waals surface area contributed by atoms with Crippen molar-refractivity contribution in [1.82, 2.24) is 10.2 Å². The van der Waals surface area contributed by atoms with Crippen LogP contribution in [0.3, 0.4) is 0 Å². The summed E-state index contributed by atoms with van der Waals surface area (Å²) in [5.74, 6) is 1.18. The molecule has 3 nitrogen and oxygen atoms in total. The van der Waals surface area contributed by atoms with E-state index in [4.69, 9.17) is 0 Å². The lowest BCUT2D eigenvalue weighted by Crippen LogP contribution is -2.43. The maximum absolute atomic E-state index is 9.67. The van der Waals surface area contributed by atoms with E-state index in [1.165, 1.54) is 51.6 Å². The molecule has 1 atom stereocenters. The van der Waals surface area contributed by atoms with Crippen LogP contribution >= 0.6 is 0 Å². The molecule has 0 aromatic rings. The van der Waals surface area contributed by atoms with Crippen LogP contribution in [0, 0.1) is 11.8 Å². The smallest absolute Gasteiger partial charge is 0.0474 e. The summed E-state index contributed by atoms with van der Waals surface area (Å²) < 4.78 is 0. The number of nitrogens with one attached hydrogen (secondary N) is 1. The van der Waals surface area contributed by atoms with E-state index in [1.807, 2.05) is 0 Å². The Balaban J connectivity index is 1.72. The molecule has 0 bridgehead atoms. The predicted octanol–water partition coefficient (Wildman–Crippen LogP) is 2.25. The van der Waals surface area contributed by atoms with Gasteiger partial charge in [-0.05, 0) is 64.5 Å². The van der Waals surface area contributed by atoms with E-state index in [2.05, 4.69) is 24.1 Å². The first-order valence-electron chi connectivity index (χ1n) is 8.29. The van der Waals surface area contributed by atoms with Gasteiger partial charge in [-0.25, -0.2) is 0 Å². The fourth-order valence-corrected chi connectivity index (χ4v) is 3.74. The van der Waals surface area contributed by atoms with Crippen molar-refractivity contribution in [3.63, 3.8) is 0 Å². The summed E-state index contributed by atoms with van der Waals surface area (Å²) in [5, 5.41) is 13.4. The SMILES string of the molecule is CC(C)N1CCC(C(CO)CNC2CCCC2)CC1. The molecule has 1 saturated carbocycles. The van der Waals surface area contributed by atoms with Crippen LogP contribution in [0.2, 0.25) is 0 Å². The quantitative estimate of drug-likeness (QED) is 0.775. The Bertz CT molecular complexity index is 243. The lowest BCUT2D eigenvalue weighted by molar-refractivity contribution is 0.0896. The molecule has 112 valence electrons. The van der Waals surface area contributed by atoms with Gasteiger partial charge in [-0.2, -0.15) is 0 Å². The largest absolute Gasteiger partial charge is 0.396 e. The van der Waals surface area contributed by atoms with Gasteiger partial charge >= 0.3 is 0 Å². The van der Waals surface area contributed by atoms with Crippen molar-refractivity contribution < 1.29 is 5.11 Å². The van der Waals surface area contributed by atoms with Crippen LogP contribution in [-0.4, -0.2) is 48.3 Å². The van der Waals surface area contributed by atoms with Crippen LogP contribution in [0.5, 0.6) is 0 Å². The second kappa shape index (κ2) is 7.61. The molecule has 0 amide bonds. The van der Waals surface area contributed by atoms with Gasteiger partial charge in [0.05, 0.1) is 0 Å². The Labute approximate surface area is 118 Å². The van der Waals surface area contributed by atoms with Crippen molar-refractivity contribution >= 4 is 0 Å². The number of rotatable bonds is 6. The van der Waals surface area contributed by atoms with Crippen molar-refractivity contribution in [2.75, 3.05) is 26.2 Å². The molecule has 1 saturated heterocycles. The number of nitrogens with zero attached hydrogens (tertiary/aromatic N) is 1. The van der Waals surface area contributed by atoms with Crippen molar-refractivity contribution in [3.05, 3.63) is 0 Å². The zero-order valence-corrected chi connectivity index (χ0v) is 12.8. The van der Waals surface area contributed by atoms with Crippen LogP contribution < -0.4 is 5.32 Å². The average Bonchev–Trinajstić information content (AvgIpc) is 2.93.